The van der Waals surface area contributed by atoms with Crippen molar-refractivity contribution in [3.05, 3.63) is 12.2 Å². The molecule has 46 heavy (non-hydrogen) atoms. The van der Waals surface area contributed by atoms with Crippen molar-refractivity contribution >= 4 is 5.97 Å². The number of ether oxygens (including phenoxy) is 4. The van der Waals surface area contributed by atoms with Crippen molar-refractivity contribution in [3.63, 3.8) is 0 Å². The van der Waals surface area contributed by atoms with Gasteiger partial charge in [-0.3, -0.25) is 4.79 Å². The molecule has 4 N–H and O–H groups in total. The molecule has 0 radical (unpaired) electrons. The van der Waals surface area contributed by atoms with Gasteiger partial charge in [0.2, 0.25) is 0 Å². The Kier molecular flexibility index (Phi) is 28.0. The molecule has 0 amide bonds. The van der Waals surface area contributed by atoms with Gasteiger partial charge < -0.3 is 39.4 Å². The highest BCUT2D eigenvalue weighted by Gasteiger charge is 2.44. The number of hydrogen-bond acceptors (Lipinski definition) is 9. The molecule has 0 aliphatic carbocycles. The Hall–Kier alpha value is -1.07. The third-order valence-corrected chi connectivity index (χ3v) is 8.73. The molecule has 0 saturated carbocycles. The number of carbonyl (C=O) groups excluding carboxylic acids is 1. The van der Waals surface area contributed by atoms with Gasteiger partial charge in [-0.25, -0.2) is 0 Å². The molecule has 0 bridgehead atoms. The summed E-state index contributed by atoms with van der Waals surface area (Å²) in [6, 6.07) is 0. The first-order valence-corrected chi connectivity index (χ1v) is 18.7. The molecule has 1 fully saturated rings. The van der Waals surface area contributed by atoms with Crippen LogP contribution in [0.5, 0.6) is 0 Å². The van der Waals surface area contributed by atoms with Crippen LogP contribution < -0.4 is 0 Å². The number of rotatable bonds is 31. The van der Waals surface area contributed by atoms with Crippen molar-refractivity contribution in [2.75, 3.05) is 26.4 Å². The van der Waals surface area contributed by atoms with Crippen LogP contribution in [0.25, 0.3) is 0 Å². The molecule has 0 aromatic rings. The molecule has 0 spiro atoms. The van der Waals surface area contributed by atoms with Gasteiger partial charge in [0.15, 0.2) is 6.29 Å². The molecule has 1 rings (SSSR count). The fraction of sp³-hybridized carbons (Fsp3) is 0.919. The standard InChI is InChI=1S/C37H70O9/c1-3-4-5-6-7-8-9-10-11-12-13-14-15-16-17-18-19-20-21-22-23-24-25-26-27-43-29-32(45-31(2)39)30-44-37-36(42)35(41)34(40)33(28-38)46-37/h12-13,32-38,40-42H,3-11,14-30H2,1-2H3/b13-12-. The van der Waals surface area contributed by atoms with Gasteiger partial charge in [-0.2, -0.15) is 0 Å². The molecular formula is C37H70O9. The molecule has 0 aromatic carbocycles. The first kappa shape index (κ1) is 43.0. The number of unbranched alkanes of at least 4 members (excludes halogenated alkanes) is 20. The molecule has 1 saturated heterocycles. The third kappa shape index (κ3) is 22.5. The Morgan fingerprint density at radius 3 is 1.63 bits per heavy atom. The summed E-state index contributed by atoms with van der Waals surface area (Å²) in [7, 11) is 0. The Balaban J connectivity index is 1.91. The minimum atomic E-state index is -1.53. The topological polar surface area (TPSA) is 135 Å². The second kappa shape index (κ2) is 30.0. The quantitative estimate of drug-likeness (QED) is 0.0356. The molecule has 272 valence electrons. The largest absolute Gasteiger partial charge is 0.458 e. The Labute approximate surface area is 280 Å². The van der Waals surface area contributed by atoms with E-state index in [-0.39, 0.29) is 13.2 Å². The number of hydrogen-bond donors (Lipinski definition) is 4. The zero-order valence-electron chi connectivity index (χ0n) is 29.3. The summed E-state index contributed by atoms with van der Waals surface area (Å²) in [5.41, 5.74) is 0. The molecule has 6 unspecified atom stereocenters. The smallest absolute Gasteiger partial charge is 0.303 e. The van der Waals surface area contributed by atoms with Crippen molar-refractivity contribution in [1.82, 2.24) is 0 Å². The fourth-order valence-corrected chi connectivity index (χ4v) is 5.84. The highest BCUT2D eigenvalue weighted by atomic mass is 16.7. The zero-order chi connectivity index (χ0) is 33.7. The van der Waals surface area contributed by atoms with Gasteiger partial charge in [0.1, 0.15) is 30.5 Å². The minimum absolute atomic E-state index is 0.126. The van der Waals surface area contributed by atoms with E-state index in [1.807, 2.05) is 0 Å². The highest BCUT2D eigenvalue weighted by molar-refractivity contribution is 5.66. The van der Waals surface area contributed by atoms with Crippen LogP contribution in [0.15, 0.2) is 12.2 Å². The number of aliphatic hydroxyl groups is 4. The Bertz CT molecular complexity index is 717. The van der Waals surface area contributed by atoms with Crippen LogP contribution >= 0.6 is 0 Å². The van der Waals surface area contributed by atoms with Crippen LogP contribution in [-0.2, 0) is 23.7 Å². The molecular weight excluding hydrogens is 588 g/mol. The first-order valence-electron chi connectivity index (χ1n) is 18.7. The summed E-state index contributed by atoms with van der Waals surface area (Å²) in [5.74, 6) is -0.488. The van der Waals surface area contributed by atoms with E-state index in [1.54, 1.807) is 0 Å². The average molecular weight is 659 g/mol. The van der Waals surface area contributed by atoms with Gasteiger partial charge in [0.05, 0.1) is 19.8 Å². The average Bonchev–Trinajstić information content (AvgIpc) is 3.04. The highest BCUT2D eigenvalue weighted by Crippen LogP contribution is 2.22. The second-order valence-electron chi connectivity index (χ2n) is 13.1. The predicted octanol–water partition coefficient (Wildman–Crippen LogP) is 6.91. The maximum atomic E-state index is 11.5. The van der Waals surface area contributed by atoms with E-state index in [0.717, 1.165) is 12.8 Å². The monoisotopic (exact) mass is 659 g/mol. The fourth-order valence-electron chi connectivity index (χ4n) is 5.84. The predicted molar refractivity (Wildman–Crippen MR) is 182 cm³/mol. The van der Waals surface area contributed by atoms with Crippen molar-refractivity contribution in [2.45, 2.75) is 192 Å². The van der Waals surface area contributed by atoms with E-state index >= 15 is 0 Å². The van der Waals surface area contributed by atoms with Crippen LogP contribution in [-0.4, -0.2) is 89.6 Å². The Morgan fingerprint density at radius 1 is 0.674 bits per heavy atom. The number of allylic oxidation sites excluding steroid dienone is 2. The molecule has 6 atom stereocenters. The van der Waals surface area contributed by atoms with Gasteiger partial charge in [0, 0.05) is 13.5 Å². The van der Waals surface area contributed by atoms with E-state index in [4.69, 9.17) is 18.9 Å². The van der Waals surface area contributed by atoms with Crippen LogP contribution in [0.3, 0.4) is 0 Å². The summed E-state index contributed by atoms with van der Waals surface area (Å²) in [6.45, 7) is 3.58. The van der Waals surface area contributed by atoms with Gasteiger partial charge in [-0.05, 0) is 32.1 Å². The van der Waals surface area contributed by atoms with E-state index in [2.05, 4.69) is 19.1 Å². The lowest BCUT2D eigenvalue weighted by Gasteiger charge is -2.39. The van der Waals surface area contributed by atoms with Crippen molar-refractivity contribution in [2.24, 2.45) is 0 Å². The van der Waals surface area contributed by atoms with E-state index in [9.17, 15) is 25.2 Å². The van der Waals surface area contributed by atoms with Crippen molar-refractivity contribution in [3.8, 4) is 0 Å². The minimum Gasteiger partial charge on any atom is -0.458 e. The lowest BCUT2D eigenvalue weighted by Crippen LogP contribution is -2.59. The number of aliphatic hydroxyl groups excluding tert-OH is 4. The van der Waals surface area contributed by atoms with Gasteiger partial charge in [0.25, 0.3) is 0 Å². The maximum Gasteiger partial charge on any atom is 0.303 e. The van der Waals surface area contributed by atoms with E-state index in [0.29, 0.717) is 6.61 Å². The molecule has 0 aromatic heterocycles. The molecule has 9 heteroatoms. The third-order valence-electron chi connectivity index (χ3n) is 8.73. The van der Waals surface area contributed by atoms with E-state index in [1.165, 1.54) is 135 Å². The first-order chi connectivity index (χ1) is 22.4. The van der Waals surface area contributed by atoms with Crippen molar-refractivity contribution in [1.29, 1.82) is 0 Å². The van der Waals surface area contributed by atoms with E-state index < -0.39 is 49.4 Å². The maximum absolute atomic E-state index is 11.5. The molecule has 9 nitrogen and oxygen atoms in total. The van der Waals surface area contributed by atoms with Crippen molar-refractivity contribution < 1.29 is 44.2 Å². The summed E-state index contributed by atoms with van der Waals surface area (Å²) in [6.07, 6.45) is 26.1. The summed E-state index contributed by atoms with van der Waals surface area (Å²) < 4.78 is 21.8. The van der Waals surface area contributed by atoms with Crippen LogP contribution in [0, 0.1) is 0 Å². The van der Waals surface area contributed by atoms with Crippen LogP contribution in [0.4, 0.5) is 0 Å². The molecule has 1 heterocycles. The lowest BCUT2D eigenvalue weighted by molar-refractivity contribution is -0.305. The second-order valence-corrected chi connectivity index (χ2v) is 13.1. The van der Waals surface area contributed by atoms with Crippen LogP contribution in [0.2, 0.25) is 0 Å². The van der Waals surface area contributed by atoms with Gasteiger partial charge in [-0.15, -0.1) is 0 Å². The van der Waals surface area contributed by atoms with Gasteiger partial charge >= 0.3 is 5.97 Å². The summed E-state index contributed by atoms with van der Waals surface area (Å²) in [4.78, 5) is 11.5. The SMILES string of the molecule is CCCCCCCCCC/C=C\CCCCCCCCCCCCCCOCC(COC1OC(CO)C(O)C(O)C1O)OC(C)=O. The molecule has 1 aliphatic rings. The zero-order valence-corrected chi connectivity index (χ0v) is 29.3. The summed E-state index contributed by atoms with van der Waals surface area (Å²) in [5, 5.41) is 39.2. The number of carbonyl (C=O) groups is 1. The van der Waals surface area contributed by atoms with Gasteiger partial charge in [-0.1, -0.05) is 128 Å². The normalized spacial score (nSPS) is 22.4. The summed E-state index contributed by atoms with van der Waals surface area (Å²) >= 11 is 0. The Morgan fingerprint density at radius 2 is 1.15 bits per heavy atom. The van der Waals surface area contributed by atoms with Crippen LogP contribution in [0.1, 0.15) is 155 Å². The molecule has 1 aliphatic heterocycles. The lowest BCUT2D eigenvalue weighted by atomic mass is 9.99. The number of esters is 1.